The number of halogens is 3. The zero-order chi connectivity index (χ0) is 14.7. The van der Waals surface area contributed by atoms with Gasteiger partial charge in [-0.3, -0.25) is 4.68 Å². The molecule has 0 saturated carbocycles. The highest BCUT2D eigenvalue weighted by molar-refractivity contribution is 9.10. The van der Waals surface area contributed by atoms with Crippen molar-refractivity contribution in [3.8, 4) is 0 Å². The molecule has 108 valence electrons. The van der Waals surface area contributed by atoms with Crippen LogP contribution in [0.25, 0.3) is 0 Å². The minimum atomic E-state index is -0.821. The lowest BCUT2D eigenvalue weighted by atomic mass is 10.1. The highest BCUT2D eigenvalue weighted by Gasteiger charge is 2.20. The van der Waals surface area contributed by atoms with E-state index >= 15 is 0 Å². The fraction of sp³-hybridized carbons (Fsp3) is 0.308. The Morgan fingerprint density at radius 2 is 2.15 bits per heavy atom. The first-order chi connectivity index (χ1) is 9.52. The van der Waals surface area contributed by atoms with Crippen LogP contribution in [0.3, 0.4) is 0 Å². The number of aliphatic hydroxyl groups is 1. The minimum Gasteiger partial charge on any atom is -0.383 e. The SMILES string of the molecule is COCCn1ncc(Br)c1C(O)c1cc(Cl)cc(Br)c1. The van der Waals surface area contributed by atoms with E-state index in [1.807, 2.05) is 6.07 Å². The van der Waals surface area contributed by atoms with Crippen molar-refractivity contribution in [1.82, 2.24) is 9.78 Å². The number of ether oxygens (including phenoxy) is 1. The van der Waals surface area contributed by atoms with Crippen LogP contribution in [0.2, 0.25) is 5.02 Å². The molecule has 1 heterocycles. The van der Waals surface area contributed by atoms with Gasteiger partial charge in [-0.15, -0.1) is 0 Å². The summed E-state index contributed by atoms with van der Waals surface area (Å²) in [6.07, 6.45) is 0.840. The molecule has 2 aromatic rings. The van der Waals surface area contributed by atoms with E-state index in [4.69, 9.17) is 16.3 Å². The second-order valence-electron chi connectivity index (χ2n) is 4.20. The van der Waals surface area contributed by atoms with Crippen molar-refractivity contribution in [2.75, 3.05) is 13.7 Å². The third-order valence-electron chi connectivity index (χ3n) is 2.80. The largest absolute Gasteiger partial charge is 0.383 e. The van der Waals surface area contributed by atoms with Crippen LogP contribution in [0.15, 0.2) is 33.3 Å². The maximum absolute atomic E-state index is 10.6. The second-order valence-corrected chi connectivity index (χ2v) is 6.41. The Labute approximate surface area is 139 Å². The van der Waals surface area contributed by atoms with E-state index in [1.165, 1.54) is 0 Å². The van der Waals surface area contributed by atoms with E-state index in [2.05, 4.69) is 37.0 Å². The van der Waals surface area contributed by atoms with E-state index < -0.39 is 6.10 Å². The number of benzene rings is 1. The Morgan fingerprint density at radius 1 is 1.40 bits per heavy atom. The van der Waals surface area contributed by atoms with Gasteiger partial charge in [0.1, 0.15) is 6.10 Å². The molecule has 0 radical (unpaired) electrons. The lowest BCUT2D eigenvalue weighted by molar-refractivity contribution is 0.171. The molecule has 4 nitrogen and oxygen atoms in total. The average molecular weight is 425 g/mol. The summed E-state index contributed by atoms with van der Waals surface area (Å²) in [7, 11) is 1.63. The number of aliphatic hydroxyl groups excluding tert-OH is 1. The van der Waals surface area contributed by atoms with Crippen molar-refractivity contribution in [3.05, 3.63) is 49.6 Å². The summed E-state index contributed by atoms with van der Waals surface area (Å²) in [6, 6.07) is 5.34. The molecular weight excluding hydrogens is 411 g/mol. The van der Waals surface area contributed by atoms with Gasteiger partial charge < -0.3 is 9.84 Å². The van der Waals surface area contributed by atoms with Gasteiger partial charge >= 0.3 is 0 Å². The van der Waals surface area contributed by atoms with Crippen LogP contribution in [0.5, 0.6) is 0 Å². The van der Waals surface area contributed by atoms with Crippen molar-refractivity contribution < 1.29 is 9.84 Å². The summed E-state index contributed by atoms with van der Waals surface area (Å²) in [5.41, 5.74) is 1.38. The molecule has 0 bridgehead atoms. The molecule has 0 aliphatic rings. The normalized spacial score (nSPS) is 12.7. The molecule has 0 saturated heterocycles. The summed E-state index contributed by atoms with van der Waals surface area (Å²) in [5, 5.41) is 15.4. The fourth-order valence-corrected chi connectivity index (χ4v) is 3.29. The van der Waals surface area contributed by atoms with E-state index in [-0.39, 0.29) is 0 Å². The first-order valence-corrected chi connectivity index (χ1v) is 7.83. The van der Waals surface area contributed by atoms with Crippen LogP contribution in [0, 0.1) is 0 Å². The van der Waals surface area contributed by atoms with Crippen molar-refractivity contribution in [3.63, 3.8) is 0 Å². The van der Waals surface area contributed by atoms with Gasteiger partial charge in [-0.05, 0) is 39.7 Å². The van der Waals surface area contributed by atoms with E-state index in [0.29, 0.717) is 29.4 Å². The fourth-order valence-electron chi connectivity index (χ4n) is 1.89. The molecule has 20 heavy (non-hydrogen) atoms. The quantitative estimate of drug-likeness (QED) is 0.795. The van der Waals surface area contributed by atoms with Crippen molar-refractivity contribution in [2.24, 2.45) is 0 Å². The lowest BCUT2D eigenvalue weighted by Gasteiger charge is -2.15. The summed E-state index contributed by atoms with van der Waals surface area (Å²) < 4.78 is 8.33. The van der Waals surface area contributed by atoms with Crippen LogP contribution >= 0.6 is 43.5 Å². The Morgan fingerprint density at radius 3 is 2.80 bits per heavy atom. The van der Waals surface area contributed by atoms with Gasteiger partial charge in [-0.25, -0.2) is 0 Å². The third kappa shape index (κ3) is 3.62. The molecule has 0 aliphatic carbocycles. The minimum absolute atomic E-state index is 0.521. The molecule has 0 aliphatic heterocycles. The number of aromatic nitrogens is 2. The summed E-state index contributed by atoms with van der Waals surface area (Å²) in [6.45, 7) is 1.09. The molecular formula is C13H13Br2ClN2O2. The molecule has 2 rings (SSSR count). The van der Waals surface area contributed by atoms with Crippen molar-refractivity contribution in [1.29, 1.82) is 0 Å². The van der Waals surface area contributed by atoms with Crippen LogP contribution in [-0.4, -0.2) is 28.6 Å². The zero-order valence-electron chi connectivity index (χ0n) is 10.7. The Balaban J connectivity index is 2.36. The predicted octanol–water partition coefficient (Wildman–Crippen LogP) is 3.79. The van der Waals surface area contributed by atoms with Gasteiger partial charge in [0.25, 0.3) is 0 Å². The third-order valence-corrected chi connectivity index (χ3v) is 4.09. The van der Waals surface area contributed by atoms with Crippen molar-refractivity contribution in [2.45, 2.75) is 12.6 Å². The molecule has 1 atom stereocenters. The lowest BCUT2D eigenvalue weighted by Crippen LogP contribution is -2.13. The second kappa shape index (κ2) is 7.04. The van der Waals surface area contributed by atoms with Gasteiger partial charge in [-0.1, -0.05) is 27.5 Å². The zero-order valence-corrected chi connectivity index (χ0v) is 14.6. The number of hydrogen-bond acceptors (Lipinski definition) is 3. The molecule has 7 heteroatoms. The monoisotopic (exact) mass is 422 g/mol. The molecule has 1 unspecified atom stereocenters. The molecule has 0 amide bonds. The Bertz CT molecular complexity index is 584. The summed E-state index contributed by atoms with van der Waals surface area (Å²) >= 11 is 12.8. The van der Waals surface area contributed by atoms with Crippen LogP contribution in [-0.2, 0) is 11.3 Å². The van der Waals surface area contributed by atoms with Crippen LogP contribution in [0.1, 0.15) is 17.4 Å². The standard InChI is InChI=1S/C13H13Br2ClN2O2/c1-20-3-2-18-12(11(15)7-17-18)13(19)8-4-9(14)6-10(16)5-8/h4-7,13,19H,2-3H2,1H3. The van der Waals surface area contributed by atoms with Gasteiger partial charge in [0, 0.05) is 16.6 Å². The summed E-state index contributed by atoms with van der Waals surface area (Å²) in [4.78, 5) is 0. The van der Waals surface area contributed by atoms with Crippen LogP contribution < -0.4 is 0 Å². The molecule has 1 aromatic carbocycles. The first-order valence-electron chi connectivity index (χ1n) is 5.87. The molecule has 0 fully saturated rings. The average Bonchev–Trinajstić information content (AvgIpc) is 2.75. The van der Waals surface area contributed by atoms with Gasteiger partial charge in [0.15, 0.2) is 0 Å². The number of rotatable bonds is 5. The van der Waals surface area contributed by atoms with E-state index in [9.17, 15) is 5.11 Å². The summed E-state index contributed by atoms with van der Waals surface area (Å²) in [5.74, 6) is 0. The Kier molecular flexibility index (Phi) is 5.63. The Hall–Kier alpha value is -0.400. The number of nitrogens with zero attached hydrogens (tertiary/aromatic N) is 2. The van der Waals surface area contributed by atoms with Gasteiger partial charge in [-0.2, -0.15) is 5.10 Å². The van der Waals surface area contributed by atoms with E-state index in [0.717, 1.165) is 8.95 Å². The maximum Gasteiger partial charge on any atom is 0.122 e. The predicted molar refractivity (Wildman–Crippen MR) is 85.0 cm³/mol. The van der Waals surface area contributed by atoms with Crippen LogP contribution in [0.4, 0.5) is 0 Å². The molecule has 0 spiro atoms. The molecule has 1 N–H and O–H groups in total. The highest BCUT2D eigenvalue weighted by atomic mass is 79.9. The molecule has 1 aromatic heterocycles. The first kappa shape index (κ1) is 16.0. The smallest absolute Gasteiger partial charge is 0.122 e. The van der Waals surface area contributed by atoms with Gasteiger partial charge in [0.05, 0.1) is 29.5 Å². The van der Waals surface area contributed by atoms with E-state index in [1.54, 1.807) is 30.1 Å². The topological polar surface area (TPSA) is 47.3 Å². The maximum atomic E-state index is 10.6. The van der Waals surface area contributed by atoms with Crippen molar-refractivity contribution >= 4 is 43.5 Å². The van der Waals surface area contributed by atoms with Gasteiger partial charge in [0.2, 0.25) is 0 Å². The number of methoxy groups -OCH3 is 1. The highest BCUT2D eigenvalue weighted by Crippen LogP contribution is 2.31. The number of hydrogen-bond donors (Lipinski definition) is 1.